The second-order valence-electron chi connectivity index (χ2n) is 3.72. The minimum Gasteiger partial charge on any atom is -0.497 e. The van der Waals surface area contributed by atoms with Crippen LogP contribution in [0, 0.1) is 0 Å². The molecule has 5 nitrogen and oxygen atoms in total. The van der Waals surface area contributed by atoms with E-state index in [-0.39, 0.29) is 5.56 Å². The summed E-state index contributed by atoms with van der Waals surface area (Å²) in [5.74, 6) is -0.0175. The summed E-state index contributed by atoms with van der Waals surface area (Å²) in [5.41, 5.74) is 1.11. The van der Waals surface area contributed by atoms with Gasteiger partial charge in [0.25, 0.3) is 0 Å². The van der Waals surface area contributed by atoms with E-state index in [9.17, 15) is 9.90 Å². The number of aromatic nitrogens is 1. The van der Waals surface area contributed by atoms with Crippen LogP contribution < -0.4 is 4.74 Å². The first kappa shape index (κ1) is 12.2. The topological polar surface area (TPSA) is 72.6 Å². The number of carboxylic acids is 1. The van der Waals surface area contributed by atoms with Crippen LogP contribution in [-0.2, 0) is 6.42 Å². The van der Waals surface area contributed by atoms with E-state index in [1.165, 1.54) is 0 Å². The number of methoxy groups -OCH3 is 1. The average Bonchev–Trinajstić information content (AvgIpc) is 2.82. The van der Waals surface area contributed by atoms with E-state index >= 15 is 0 Å². The number of benzene rings is 1. The van der Waals surface area contributed by atoms with Gasteiger partial charge in [-0.25, -0.2) is 4.79 Å². The molecule has 0 saturated carbocycles. The van der Waals surface area contributed by atoms with Gasteiger partial charge in [-0.1, -0.05) is 24.2 Å². The molecule has 2 aromatic rings. The lowest BCUT2D eigenvalue weighted by molar-refractivity contribution is 0.0695. The van der Waals surface area contributed by atoms with Crippen molar-refractivity contribution in [3.8, 4) is 17.0 Å². The molecule has 0 bridgehead atoms. The Morgan fingerprint density at radius 3 is 2.89 bits per heavy atom. The molecule has 1 N–H and O–H groups in total. The van der Waals surface area contributed by atoms with Gasteiger partial charge in [0.2, 0.25) is 0 Å². The lowest BCUT2D eigenvalue weighted by atomic mass is 10.1. The summed E-state index contributed by atoms with van der Waals surface area (Å²) in [6.45, 7) is 1.82. The molecule has 0 unspecified atom stereocenters. The Balaban J connectivity index is 2.56. The van der Waals surface area contributed by atoms with Crippen molar-refractivity contribution < 1.29 is 19.2 Å². The maximum Gasteiger partial charge on any atom is 0.341 e. The Morgan fingerprint density at radius 1 is 1.50 bits per heavy atom. The van der Waals surface area contributed by atoms with Gasteiger partial charge >= 0.3 is 5.97 Å². The Morgan fingerprint density at radius 2 is 2.28 bits per heavy atom. The SMILES string of the molecule is CCc1onc(-c2cccc(OC)c2)c1C(=O)O. The van der Waals surface area contributed by atoms with Gasteiger partial charge in [0.1, 0.15) is 17.0 Å². The molecule has 0 saturated heterocycles. The van der Waals surface area contributed by atoms with Crippen LogP contribution >= 0.6 is 0 Å². The van der Waals surface area contributed by atoms with Crippen molar-refractivity contribution in [2.24, 2.45) is 0 Å². The van der Waals surface area contributed by atoms with Crippen molar-refractivity contribution in [1.29, 1.82) is 0 Å². The van der Waals surface area contributed by atoms with Crippen LogP contribution in [0.3, 0.4) is 0 Å². The van der Waals surface area contributed by atoms with E-state index in [4.69, 9.17) is 9.26 Å². The van der Waals surface area contributed by atoms with E-state index in [2.05, 4.69) is 5.16 Å². The number of aromatic carboxylic acids is 1. The van der Waals surface area contributed by atoms with Crippen molar-refractivity contribution in [2.75, 3.05) is 7.11 Å². The first-order valence-corrected chi connectivity index (χ1v) is 5.53. The second-order valence-corrected chi connectivity index (χ2v) is 3.72. The van der Waals surface area contributed by atoms with Gasteiger partial charge in [0.15, 0.2) is 5.76 Å². The summed E-state index contributed by atoms with van der Waals surface area (Å²) in [4.78, 5) is 11.3. The third-order valence-electron chi connectivity index (χ3n) is 2.64. The molecule has 2 rings (SSSR count). The lowest BCUT2D eigenvalue weighted by Gasteiger charge is -2.02. The molecule has 1 aromatic carbocycles. The van der Waals surface area contributed by atoms with Crippen molar-refractivity contribution in [3.05, 3.63) is 35.6 Å². The molecule has 94 valence electrons. The molecule has 0 atom stereocenters. The summed E-state index contributed by atoms with van der Waals surface area (Å²) in [6.07, 6.45) is 0.485. The summed E-state index contributed by atoms with van der Waals surface area (Å²) in [6, 6.07) is 7.06. The van der Waals surface area contributed by atoms with E-state index < -0.39 is 5.97 Å². The lowest BCUT2D eigenvalue weighted by Crippen LogP contribution is -2.00. The summed E-state index contributed by atoms with van der Waals surface area (Å²) < 4.78 is 10.2. The number of hydrogen-bond acceptors (Lipinski definition) is 4. The van der Waals surface area contributed by atoms with Crippen molar-refractivity contribution >= 4 is 5.97 Å². The zero-order valence-electron chi connectivity index (χ0n) is 10.1. The van der Waals surface area contributed by atoms with Crippen molar-refractivity contribution in [3.63, 3.8) is 0 Å². The maximum atomic E-state index is 11.3. The molecule has 0 radical (unpaired) electrons. The highest BCUT2D eigenvalue weighted by molar-refractivity contribution is 5.95. The van der Waals surface area contributed by atoms with Gasteiger partial charge in [-0.3, -0.25) is 0 Å². The average molecular weight is 247 g/mol. The Kier molecular flexibility index (Phi) is 3.32. The highest BCUT2D eigenvalue weighted by atomic mass is 16.5. The first-order chi connectivity index (χ1) is 8.67. The van der Waals surface area contributed by atoms with Crippen LogP contribution in [0.15, 0.2) is 28.8 Å². The number of carbonyl (C=O) groups is 1. The fourth-order valence-electron chi connectivity index (χ4n) is 1.75. The van der Waals surface area contributed by atoms with Crippen LogP contribution in [0.5, 0.6) is 5.75 Å². The highest BCUT2D eigenvalue weighted by Crippen LogP contribution is 2.28. The number of carboxylic acid groups (broad SMARTS) is 1. The molecule has 0 spiro atoms. The smallest absolute Gasteiger partial charge is 0.341 e. The molecule has 1 aromatic heterocycles. The molecule has 5 heteroatoms. The van der Waals surface area contributed by atoms with Crippen molar-refractivity contribution in [2.45, 2.75) is 13.3 Å². The summed E-state index contributed by atoms with van der Waals surface area (Å²) in [5, 5.41) is 13.1. The molecule has 18 heavy (non-hydrogen) atoms. The van der Waals surface area contributed by atoms with Crippen LogP contribution in [0.1, 0.15) is 23.0 Å². The number of rotatable bonds is 4. The van der Waals surface area contributed by atoms with Gasteiger partial charge in [0.05, 0.1) is 7.11 Å². The van der Waals surface area contributed by atoms with Gasteiger partial charge in [-0.15, -0.1) is 0 Å². The summed E-state index contributed by atoms with van der Waals surface area (Å²) in [7, 11) is 1.55. The van der Waals surface area contributed by atoms with Crippen LogP contribution in [-0.4, -0.2) is 23.3 Å². The highest BCUT2D eigenvalue weighted by Gasteiger charge is 2.22. The zero-order valence-corrected chi connectivity index (χ0v) is 10.1. The molecular formula is C13H13NO4. The number of ether oxygens (including phenoxy) is 1. The van der Waals surface area contributed by atoms with E-state index in [1.807, 2.05) is 6.92 Å². The number of hydrogen-bond donors (Lipinski definition) is 1. The van der Waals surface area contributed by atoms with Crippen LogP contribution in [0.4, 0.5) is 0 Å². The minimum atomic E-state index is -1.04. The zero-order chi connectivity index (χ0) is 13.1. The molecule has 0 aliphatic heterocycles. The van der Waals surface area contributed by atoms with Gasteiger partial charge < -0.3 is 14.4 Å². The van der Waals surface area contributed by atoms with Gasteiger partial charge in [-0.2, -0.15) is 0 Å². The van der Waals surface area contributed by atoms with Gasteiger partial charge in [0, 0.05) is 12.0 Å². The van der Waals surface area contributed by atoms with E-state index in [1.54, 1.807) is 31.4 Å². The Bertz CT molecular complexity index is 574. The fraction of sp³-hybridized carbons (Fsp3) is 0.231. The van der Waals surface area contributed by atoms with Crippen LogP contribution in [0.25, 0.3) is 11.3 Å². The molecule has 0 amide bonds. The Labute approximate surface area is 104 Å². The third kappa shape index (κ3) is 2.07. The third-order valence-corrected chi connectivity index (χ3v) is 2.64. The predicted molar refractivity (Wildman–Crippen MR) is 64.8 cm³/mol. The number of aryl methyl sites for hydroxylation is 1. The maximum absolute atomic E-state index is 11.3. The van der Waals surface area contributed by atoms with Crippen LogP contribution in [0.2, 0.25) is 0 Å². The summed E-state index contributed by atoms with van der Waals surface area (Å²) >= 11 is 0. The molecule has 0 aliphatic carbocycles. The largest absolute Gasteiger partial charge is 0.497 e. The fourth-order valence-corrected chi connectivity index (χ4v) is 1.75. The van der Waals surface area contributed by atoms with Crippen molar-refractivity contribution in [1.82, 2.24) is 5.16 Å². The predicted octanol–water partition coefficient (Wildman–Crippen LogP) is 2.61. The van der Waals surface area contributed by atoms with E-state index in [0.717, 1.165) is 0 Å². The van der Waals surface area contributed by atoms with Gasteiger partial charge in [-0.05, 0) is 12.1 Å². The second kappa shape index (κ2) is 4.91. The Hall–Kier alpha value is -2.30. The molecule has 0 fully saturated rings. The monoisotopic (exact) mass is 247 g/mol. The first-order valence-electron chi connectivity index (χ1n) is 5.53. The standard InChI is InChI=1S/C13H13NO4/c1-3-10-11(13(15)16)12(14-18-10)8-5-4-6-9(7-8)17-2/h4-7H,3H2,1-2H3,(H,15,16). The van der Waals surface area contributed by atoms with E-state index in [0.29, 0.717) is 29.2 Å². The minimum absolute atomic E-state index is 0.116. The molecule has 1 heterocycles. The normalized spacial score (nSPS) is 10.3. The number of nitrogens with zero attached hydrogens (tertiary/aromatic N) is 1. The quantitative estimate of drug-likeness (QED) is 0.899. The molecular weight excluding hydrogens is 234 g/mol. The molecule has 0 aliphatic rings.